The van der Waals surface area contributed by atoms with E-state index in [0.29, 0.717) is 16.3 Å². The van der Waals surface area contributed by atoms with Crippen LogP contribution in [-0.4, -0.2) is 43.5 Å². The Morgan fingerprint density at radius 1 is 1.27 bits per heavy atom. The first-order valence-corrected chi connectivity index (χ1v) is 12.1. The number of carbonyl (C=O) groups is 1. The van der Waals surface area contributed by atoms with Gasteiger partial charge in [-0.25, -0.2) is 17.7 Å². The van der Waals surface area contributed by atoms with E-state index in [2.05, 4.69) is 22.4 Å². The van der Waals surface area contributed by atoms with E-state index < -0.39 is 10.0 Å². The maximum Gasteiger partial charge on any atom is 0.257 e. The van der Waals surface area contributed by atoms with E-state index in [9.17, 15) is 13.2 Å². The van der Waals surface area contributed by atoms with Crippen molar-refractivity contribution >= 4 is 38.8 Å². The van der Waals surface area contributed by atoms with Crippen LogP contribution in [0.2, 0.25) is 0 Å². The van der Waals surface area contributed by atoms with E-state index in [1.165, 1.54) is 49.1 Å². The molecule has 7 nitrogen and oxygen atoms in total. The third-order valence-electron chi connectivity index (χ3n) is 5.15. The SMILES string of the molecule is CN(C)S(=O)(=O)c1ccc2oc(SCC(=O)N[C@@H]3CCCc4ccccc43)nc2c1. The molecule has 1 heterocycles. The number of thioether (sulfide) groups is 1. The predicted molar refractivity (Wildman–Crippen MR) is 116 cm³/mol. The van der Waals surface area contributed by atoms with Gasteiger partial charge in [0.2, 0.25) is 15.9 Å². The third-order valence-corrected chi connectivity index (χ3v) is 7.79. The molecule has 1 aliphatic carbocycles. The van der Waals surface area contributed by atoms with Crippen molar-refractivity contribution in [2.24, 2.45) is 0 Å². The molecule has 158 valence electrons. The molecule has 4 rings (SSSR count). The van der Waals surface area contributed by atoms with Gasteiger partial charge in [0.1, 0.15) is 5.52 Å². The average molecular weight is 446 g/mol. The third kappa shape index (κ3) is 4.23. The molecule has 3 aromatic rings. The van der Waals surface area contributed by atoms with E-state index in [0.717, 1.165) is 23.6 Å². The van der Waals surface area contributed by atoms with Gasteiger partial charge in [-0.1, -0.05) is 36.0 Å². The Bertz CT molecular complexity index is 1190. The van der Waals surface area contributed by atoms with E-state index in [-0.39, 0.29) is 22.6 Å². The number of sulfonamides is 1. The van der Waals surface area contributed by atoms with Crippen molar-refractivity contribution in [2.45, 2.75) is 35.4 Å². The highest BCUT2D eigenvalue weighted by molar-refractivity contribution is 7.99. The van der Waals surface area contributed by atoms with Gasteiger partial charge in [-0.05, 0) is 48.6 Å². The van der Waals surface area contributed by atoms with Gasteiger partial charge < -0.3 is 9.73 Å². The maximum absolute atomic E-state index is 12.5. The number of aromatic nitrogens is 1. The monoisotopic (exact) mass is 445 g/mol. The second-order valence-corrected chi connectivity index (χ2v) is 10.5. The number of nitrogens with one attached hydrogen (secondary N) is 1. The number of amides is 1. The van der Waals surface area contributed by atoms with E-state index in [1.54, 1.807) is 6.07 Å². The molecular weight excluding hydrogens is 422 g/mol. The molecule has 1 aromatic heterocycles. The minimum absolute atomic E-state index is 0.0329. The van der Waals surface area contributed by atoms with Gasteiger partial charge in [-0.2, -0.15) is 0 Å². The summed E-state index contributed by atoms with van der Waals surface area (Å²) in [6, 6.07) is 12.8. The first-order valence-electron chi connectivity index (χ1n) is 9.67. The van der Waals surface area contributed by atoms with Gasteiger partial charge >= 0.3 is 0 Å². The fourth-order valence-electron chi connectivity index (χ4n) is 3.59. The Labute approximate surface area is 179 Å². The predicted octanol–water partition coefficient (Wildman–Crippen LogP) is 3.36. The van der Waals surface area contributed by atoms with Crippen LogP contribution >= 0.6 is 11.8 Å². The maximum atomic E-state index is 12.5. The largest absolute Gasteiger partial charge is 0.431 e. The summed E-state index contributed by atoms with van der Waals surface area (Å²) in [5, 5.41) is 3.44. The Hall–Kier alpha value is -2.36. The number of rotatable bonds is 6. The van der Waals surface area contributed by atoms with Crippen LogP contribution in [0.15, 0.2) is 57.0 Å². The lowest BCUT2D eigenvalue weighted by Gasteiger charge is -2.26. The number of hydrogen-bond acceptors (Lipinski definition) is 6. The van der Waals surface area contributed by atoms with E-state index in [4.69, 9.17) is 4.42 Å². The minimum Gasteiger partial charge on any atom is -0.431 e. The van der Waals surface area contributed by atoms with Gasteiger partial charge in [0.05, 0.1) is 16.7 Å². The van der Waals surface area contributed by atoms with Gasteiger partial charge in [0.25, 0.3) is 5.22 Å². The summed E-state index contributed by atoms with van der Waals surface area (Å²) in [6.45, 7) is 0. The van der Waals surface area contributed by atoms with Crippen molar-refractivity contribution in [1.82, 2.24) is 14.6 Å². The summed E-state index contributed by atoms with van der Waals surface area (Å²) in [5.74, 6) is 0.0915. The van der Waals surface area contributed by atoms with Gasteiger partial charge in [0, 0.05) is 14.1 Å². The van der Waals surface area contributed by atoms with Gasteiger partial charge in [0.15, 0.2) is 5.58 Å². The standard InChI is InChI=1S/C21H23N3O4S2/c1-24(2)30(26,27)15-10-11-19-18(12-15)23-21(28-19)29-13-20(25)22-17-9-5-7-14-6-3-4-8-16(14)17/h3-4,6,8,10-12,17H,5,7,9,13H2,1-2H3,(H,22,25)/t17-/m1/s1. The average Bonchev–Trinajstić information content (AvgIpc) is 3.14. The zero-order valence-electron chi connectivity index (χ0n) is 16.8. The minimum atomic E-state index is -3.54. The van der Waals surface area contributed by atoms with Gasteiger partial charge in [-0.3, -0.25) is 4.79 Å². The van der Waals surface area contributed by atoms with Gasteiger partial charge in [-0.15, -0.1) is 0 Å². The highest BCUT2D eigenvalue weighted by atomic mass is 32.2. The Morgan fingerprint density at radius 2 is 2.07 bits per heavy atom. The molecule has 1 aliphatic rings. The van der Waals surface area contributed by atoms with Crippen LogP contribution in [0.4, 0.5) is 0 Å². The summed E-state index contributed by atoms with van der Waals surface area (Å²) >= 11 is 1.19. The molecule has 0 spiro atoms. The molecule has 0 unspecified atom stereocenters. The van der Waals surface area contributed by atoms with E-state index in [1.807, 2.05) is 12.1 Å². The number of aryl methyl sites for hydroxylation is 1. The van der Waals surface area contributed by atoms with Crippen molar-refractivity contribution in [3.05, 3.63) is 53.6 Å². The molecule has 0 saturated carbocycles. The number of oxazole rings is 1. The highest BCUT2D eigenvalue weighted by Crippen LogP contribution is 2.30. The lowest BCUT2D eigenvalue weighted by atomic mass is 9.88. The van der Waals surface area contributed by atoms with Crippen LogP contribution in [0.5, 0.6) is 0 Å². The lowest BCUT2D eigenvalue weighted by Crippen LogP contribution is -2.32. The van der Waals surface area contributed by atoms with Crippen molar-refractivity contribution < 1.29 is 17.6 Å². The molecule has 2 aromatic carbocycles. The molecule has 0 radical (unpaired) electrons. The van der Waals surface area contributed by atoms with E-state index >= 15 is 0 Å². The molecule has 1 atom stereocenters. The second kappa shape index (κ2) is 8.41. The van der Waals surface area contributed by atoms with Crippen LogP contribution in [0.25, 0.3) is 11.1 Å². The number of hydrogen-bond donors (Lipinski definition) is 1. The number of nitrogens with zero attached hydrogens (tertiary/aromatic N) is 2. The molecular formula is C21H23N3O4S2. The fourth-order valence-corrected chi connectivity index (χ4v) is 5.16. The summed E-state index contributed by atoms with van der Waals surface area (Å²) in [5.41, 5.74) is 3.42. The summed E-state index contributed by atoms with van der Waals surface area (Å²) < 4.78 is 31.4. The Kier molecular flexibility index (Phi) is 5.86. The smallest absolute Gasteiger partial charge is 0.257 e. The first kappa shape index (κ1) is 20.9. The van der Waals surface area contributed by atoms with Crippen molar-refractivity contribution in [3.8, 4) is 0 Å². The highest BCUT2D eigenvalue weighted by Gasteiger charge is 2.22. The molecule has 1 N–H and O–H groups in total. The van der Waals surface area contributed by atoms with Crippen LogP contribution in [0, 0.1) is 0 Å². The summed E-state index contributed by atoms with van der Waals surface area (Å²) in [6.07, 6.45) is 3.03. The Balaban J connectivity index is 1.42. The zero-order chi connectivity index (χ0) is 21.3. The van der Waals surface area contributed by atoms with Crippen molar-refractivity contribution in [1.29, 1.82) is 0 Å². The number of carbonyl (C=O) groups excluding carboxylic acids is 1. The molecule has 0 aliphatic heterocycles. The molecule has 0 bridgehead atoms. The normalized spacial score (nSPS) is 16.6. The summed E-state index contributed by atoms with van der Waals surface area (Å²) in [4.78, 5) is 17.0. The molecule has 9 heteroatoms. The lowest BCUT2D eigenvalue weighted by molar-refractivity contribution is -0.119. The molecule has 30 heavy (non-hydrogen) atoms. The quantitative estimate of drug-likeness (QED) is 0.585. The van der Waals surface area contributed by atoms with Crippen LogP contribution < -0.4 is 5.32 Å². The fraction of sp³-hybridized carbons (Fsp3) is 0.333. The van der Waals surface area contributed by atoms with Crippen LogP contribution in [0.3, 0.4) is 0 Å². The first-order chi connectivity index (χ1) is 14.3. The molecule has 0 fully saturated rings. The summed E-state index contributed by atoms with van der Waals surface area (Å²) in [7, 11) is -0.587. The second-order valence-electron chi connectivity index (χ2n) is 7.40. The molecule has 0 saturated heterocycles. The topological polar surface area (TPSA) is 92.5 Å². The van der Waals surface area contributed by atoms with Crippen LogP contribution in [0.1, 0.15) is 30.0 Å². The Morgan fingerprint density at radius 3 is 2.87 bits per heavy atom. The van der Waals surface area contributed by atoms with Crippen LogP contribution in [-0.2, 0) is 21.2 Å². The molecule has 1 amide bonds. The number of benzene rings is 2. The van der Waals surface area contributed by atoms with Crippen molar-refractivity contribution in [2.75, 3.05) is 19.8 Å². The zero-order valence-corrected chi connectivity index (χ0v) is 18.4. The van der Waals surface area contributed by atoms with Crippen molar-refractivity contribution in [3.63, 3.8) is 0 Å². The number of fused-ring (bicyclic) bond motifs is 2.